The highest BCUT2D eigenvalue weighted by molar-refractivity contribution is 9.10. The quantitative estimate of drug-likeness (QED) is 0.628. The number of carbonyl (C=O) groups is 1. The Morgan fingerprint density at radius 2 is 2.08 bits per heavy atom. The summed E-state index contributed by atoms with van der Waals surface area (Å²) < 4.78 is 15.7. The summed E-state index contributed by atoms with van der Waals surface area (Å²) in [4.78, 5) is 19.2. The highest BCUT2D eigenvalue weighted by Crippen LogP contribution is 2.32. The van der Waals surface area contributed by atoms with Crippen molar-refractivity contribution < 1.29 is 9.18 Å². The lowest BCUT2D eigenvalue weighted by Gasteiger charge is -2.31. The van der Waals surface area contributed by atoms with E-state index in [1.165, 1.54) is 17.4 Å². The summed E-state index contributed by atoms with van der Waals surface area (Å²) >= 11 is 4.86. The Hall–Kier alpha value is -1.99. The van der Waals surface area contributed by atoms with E-state index in [0.717, 1.165) is 39.4 Å². The maximum absolute atomic E-state index is 13.9. The molecule has 0 bridgehead atoms. The van der Waals surface area contributed by atoms with Crippen LogP contribution in [0.4, 0.5) is 15.2 Å². The van der Waals surface area contributed by atoms with Crippen LogP contribution in [0.25, 0.3) is 10.2 Å². The van der Waals surface area contributed by atoms with Gasteiger partial charge in [0.25, 0.3) is 0 Å². The molecule has 2 aromatic carbocycles. The second-order valence-corrected chi connectivity index (χ2v) is 8.29. The zero-order valence-electron chi connectivity index (χ0n) is 13.9. The number of halogens is 2. The largest absolute Gasteiger partial charge is 0.347 e. The van der Waals surface area contributed by atoms with Gasteiger partial charge in [0.1, 0.15) is 11.3 Å². The van der Waals surface area contributed by atoms with Crippen LogP contribution >= 0.6 is 27.3 Å². The van der Waals surface area contributed by atoms with Crippen LogP contribution in [-0.4, -0.2) is 24.0 Å². The Balaban J connectivity index is 1.48. The molecule has 1 unspecified atom stereocenters. The molecule has 1 fully saturated rings. The molecule has 7 heteroatoms. The number of rotatable bonds is 3. The molecular formula is C19H17BrFN3OS. The van der Waals surface area contributed by atoms with Gasteiger partial charge in [0, 0.05) is 23.2 Å². The number of nitrogens with zero attached hydrogens (tertiary/aromatic N) is 2. The lowest BCUT2D eigenvalue weighted by Crippen LogP contribution is -2.40. The maximum atomic E-state index is 13.9. The van der Waals surface area contributed by atoms with Crippen LogP contribution in [-0.2, 0) is 4.79 Å². The molecule has 1 aliphatic heterocycles. The molecule has 1 atom stereocenters. The fourth-order valence-electron chi connectivity index (χ4n) is 3.18. The number of carbonyl (C=O) groups excluding carboxylic acids is 1. The minimum absolute atomic E-state index is 0.0179. The van der Waals surface area contributed by atoms with Crippen LogP contribution < -0.4 is 10.2 Å². The molecule has 3 aromatic rings. The Morgan fingerprint density at radius 3 is 2.85 bits per heavy atom. The molecule has 1 aromatic heterocycles. The third-order valence-electron chi connectivity index (χ3n) is 4.53. The van der Waals surface area contributed by atoms with Crippen molar-refractivity contribution in [2.24, 2.45) is 5.92 Å². The number of benzene rings is 2. The molecule has 1 amide bonds. The van der Waals surface area contributed by atoms with Gasteiger partial charge in [0.2, 0.25) is 5.91 Å². The van der Waals surface area contributed by atoms with E-state index < -0.39 is 0 Å². The third kappa shape index (κ3) is 3.59. The van der Waals surface area contributed by atoms with Gasteiger partial charge in [-0.1, -0.05) is 33.3 Å². The molecule has 4 nitrogen and oxygen atoms in total. The first kappa shape index (κ1) is 17.4. The molecule has 0 aliphatic carbocycles. The van der Waals surface area contributed by atoms with Gasteiger partial charge in [0.05, 0.1) is 10.6 Å². The van der Waals surface area contributed by atoms with Crippen molar-refractivity contribution in [2.75, 3.05) is 23.3 Å². The summed E-state index contributed by atoms with van der Waals surface area (Å²) in [6, 6.07) is 12.6. The number of hydrogen-bond donors (Lipinski definition) is 1. The maximum Gasteiger partial charge on any atom is 0.229 e. The predicted octanol–water partition coefficient (Wildman–Crippen LogP) is 5.05. The van der Waals surface area contributed by atoms with Gasteiger partial charge < -0.3 is 10.2 Å². The third-order valence-corrected chi connectivity index (χ3v) is 6.14. The molecule has 134 valence electrons. The number of piperidine rings is 1. The highest BCUT2D eigenvalue weighted by Gasteiger charge is 2.27. The topological polar surface area (TPSA) is 45.2 Å². The van der Waals surface area contributed by atoms with Gasteiger partial charge in [-0.05, 0) is 49.2 Å². The minimum Gasteiger partial charge on any atom is -0.347 e. The zero-order valence-corrected chi connectivity index (χ0v) is 16.3. The highest BCUT2D eigenvalue weighted by atomic mass is 79.9. The number of hydrogen-bond acceptors (Lipinski definition) is 4. The molecule has 4 rings (SSSR count). The molecule has 1 saturated heterocycles. The smallest absolute Gasteiger partial charge is 0.229 e. The van der Waals surface area contributed by atoms with E-state index in [1.54, 1.807) is 6.07 Å². The summed E-state index contributed by atoms with van der Waals surface area (Å²) in [5, 5.41) is 3.77. The molecule has 0 spiro atoms. The van der Waals surface area contributed by atoms with Crippen molar-refractivity contribution in [1.29, 1.82) is 0 Å². The number of thiazole rings is 1. The molecule has 2 heterocycles. The standard InChI is InChI=1S/C19H17BrFN3OS/c20-13-6-8-14(9-7-13)22-18(25)12-3-2-10-24(11-12)19-23-17-15(21)4-1-5-16(17)26-19/h1,4-9,12H,2-3,10-11H2,(H,22,25). The first-order chi connectivity index (χ1) is 12.6. The lowest BCUT2D eigenvalue weighted by atomic mass is 9.97. The molecule has 1 N–H and O–H groups in total. The Morgan fingerprint density at radius 1 is 1.27 bits per heavy atom. The zero-order chi connectivity index (χ0) is 18.1. The van der Waals surface area contributed by atoms with Crippen molar-refractivity contribution in [2.45, 2.75) is 12.8 Å². The van der Waals surface area contributed by atoms with Crippen LogP contribution in [0.2, 0.25) is 0 Å². The summed E-state index contributed by atoms with van der Waals surface area (Å²) in [5.74, 6) is -0.389. The van der Waals surface area contributed by atoms with E-state index in [4.69, 9.17) is 0 Å². The summed E-state index contributed by atoms with van der Waals surface area (Å²) in [6.45, 7) is 1.44. The average molecular weight is 434 g/mol. The summed E-state index contributed by atoms with van der Waals surface area (Å²) in [5.41, 5.74) is 1.20. The SMILES string of the molecule is O=C(Nc1ccc(Br)cc1)C1CCCN(c2nc3c(F)cccc3s2)C1. The number of fused-ring (bicyclic) bond motifs is 1. The summed E-state index contributed by atoms with van der Waals surface area (Å²) in [6.07, 6.45) is 1.76. The van der Waals surface area contributed by atoms with E-state index >= 15 is 0 Å². The van der Waals surface area contributed by atoms with Gasteiger partial charge in [-0.25, -0.2) is 9.37 Å². The predicted molar refractivity (Wildman–Crippen MR) is 107 cm³/mol. The minimum atomic E-state index is -0.299. The van der Waals surface area contributed by atoms with Gasteiger partial charge in [-0.2, -0.15) is 0 Å². The van der Waals surface area contributed by atoms with E-state index in [-0.39, 0.29) is 17.6 Å². The fraction of sp³-hybridized carbons (Fsp3) is 0.263. The molecule has 1 aliphatic rings. The molecule has 0 radical (unpaired) electrons. The van der Waals surface area contributed by atoms with Crippen LogP contribution in [0.1, 0.15) is 12.8 Å². The second-order valence-electron chi connectivity index (χ2n) is 6.36. The monoisotopic (exact) mass is 433 g/mol. The molecular weight excluding hydrogens is 417 g/mol. The average Bonchev–Trinajstić information content (AvgIpc) is 3.09. The number of aromatic nitrogens is 1. The van der Waals surface area contributed by atoms with Crippen molar-refractivity contribution in [3.8, 4) is 0 Å². The molecule has 0 saturated carbocycles. The number of amides is 1. The van der Waals surface area contributed by atoms with E-state index in [2.05, 4.69) is 31.1 Å². The Kier molecular flexibility index (Phi) is 4.91. The van der Waals surface area contributed by atoms with Crippen LogP contribution in [0.15, 0.2) is 46.9 Å². The Bertz CT molecular complexity index is 944. The van der Waals surface area contributed by atoms with Crippen molar-refractivity contribution in [3.63, 3.8) is 0 Å². The number of para-hydroxylation sites is 1. The first-order valence-electron chi connectivity index (χ1n) is 8.46. The number of nitrogens with one attached hydrogen (secondary N) is 1. The van der Waals surface area contributed by atoms with Gasteiger partial charge in [0.15, 0.2) is 5.13 Å². The fourth-order valence-corrected chi connectivity index (χ4v) is 4.46. The van der Waals surface area contributed by atoms with Gasteiger partial charge in [-0.15, -0.1) is 0 Å². The summed E-state index contributed by atoms with van der Waals surface area (Å²) in [7, 11) is 0. The first-order valence-corrected chi connectivity index (χ1v) is 10.1. The van der Waals surface area contributed by atoms with Crippen LogP contribution in [0.5, 0.6) is 0 Å². The number of anilines is 2. The van der Waals surface area contributed by atoms with E-state index in [0.29, 0.717) is 12.1 Å². The van der Waals surface area contributed by atoms with Crippen LogP contribution in [0, 0.1) is 11.7 Å². The lowest BCUT2D eigenvalue weighted by molar-refractivity contribution is -0.120. The van der Waals surface area contributed by atoms with Crippen molar-refractivity contribution in [3.05, 3.63) is 52.8 Å². The van der Waals surface area contributed by atoms with E-state index in [1.807, 2.05) is 30.3 Å². The van der Waals surface area contributed by atoms with Gasteiger partial charge in [-0.3, -0.25) is 4.79 Å². The Labute approximate surface area is 163 Å². The van der Waals surface area contributed by atoms with E-state index in [9.17, 15) is 9.18 Å². The van der Waals surface area contributed by atoms with Crippen molar-refractivity contribution in [1.82, 2.24) is 4.98 Å². The van der Waals surface area contributed by atoms with Crippen molar-refractivity contribution >= 4 is 54.2 Å². The van der Waals surface area contributed by atoms with Gasteiger partial charge >= 0.3 is 0 Å². The second kappa shape index (κ2) is 7.32. The molecule has 26 heavy (non-hydrogen) atoms. The van der Waals surface area contributed by atoms with Crippen LogP contribution in [0.3, 0.4) is 0 Å². The normalized spacial score (nSPS) is 17.5.